The number of ether oxygens (including phenoxy) is 4. The van der Waals surface area contributed by atoms with E-state index in [9.17, 15) is 19.5 Å². The van der Waals surface area contributed by atoms with Gasteiger partial charge in [-0.2, -0.15) is 0 Å². The zero-order valence-electron chi connectivity index (χ0n) is 21.3. The predicted octanol–water partition coefficient (Wildman–Crippen LogP) is 3.71. The van der Waals surface area contributed by atoms with Crippen LogP contribution in [0.25, 0.3) is 0 Å². The SMILES string of the molecule is O=C(OC[C@H]1C[C@]2(CO)O[C@H]1[C@@H](C(=O)OCc1ccccc1)[C@H]2C(=O)OCc1ccccc1)c1ccccc1. The summed E-state index contributed by atoms with van der Waals surface area (Å²) >= 11 is 0. The first-order valence-electron chi connectivity index (χ1n) is 12.9. The second kappa shape index (κ2) is 11.8. The van der Waals surface area contributed by atoms with Crippen LogP contribution in [-0.4, -0.2) is 47.9 Å². The van der Waals surface area contributed by atoms with Gasteiger partial charge in [-0.05, 0) is 29.7 Å². The van der Waals surface area contributed by atoms with E-state index in [-0.39, 0.29) is 26.2 Å². The van der Waals surface area contributed by atoms with Gasteiger partial charge >= 0.3 is 17.9 Å². The van der Waals surface area contributed by atoms with Crippen LogP contribution in [0.5, 0.6) is 0 Å². The average molecular weight is 531 g/mol. The van der Waals surface area contributed by atoms with E-state index in [1.807, 2.05) is 60.7 Å². The fraction of sp³-hybridized carbons (Fsp3) is 0.323. The third-order valence-corrected chi connectivity index (χ3v) is 7.40. The van der Waals surface area contributed by atoms with Crippen molar-refractivity contribution in [2.24, 2.45) is 17.8 Å². The molecular weight excluding hydrogens is 500 g/mol. The van der Waals surface area contributed by atoms with Gasteiger partial charge in [-0.3, -0.25) is 9.59 Å². The summed E-state index contributed by atoms with van der Waals surface area (Å²) in [4.78, 5) is 39.4. The molecule has 5 rings (SSSR count). The Morgan fingerprint density at radius 2 is 1.31 bits per heavy atom. The summed E-state index contributed by atoms with van der Waals surface area (Å²) in [5, 5.41) is 10.4. The Balaban J connectivity index is 1.34. The summed E-state index contributed by atoms with van der Waals surface area (Å²) in [6.45, 7) is -0.491. The average Bonchev–Trinajstić information content (AvgIpc) is 3.53. The maximum absolute atomic E-state index is 13.5. The van der Waals surface area contributed by atoms with Gasteiger partial charge in [0, 0.05) is 5.92 Å². The van der Waals surface area contributed by atoms with E-state index in [2.05, 4.69) is 0 Å². The maximum Gasteiger partial charge on any atom is 0.338 e. The van der Waals surface area contributed by atoms with Crippen LogP contribution >= 0.6 is 0 Å². The Morgan fingerprint density at radius 3 is 1.87 bits per heavy atom. The molecule has 2 heterocycles. The van der Waals surface area contributed by atoms with Crippen LogP contribution in [0.15, 0.2) is 91.0 Å². The lowest BCUT2D eigenvalue weighted by Crippen LogP contribution is -2.51. The highest BCUT2D eigenvalue weighted by Gasteiger charge is 2.68. The zero-order valence-corrected chi connectivity index (χ0v) is 21.3. The molecule has 2 aliphatic heterocycles. The molecule has 0 aliphatic carbocycles. The van der Waals surface area contributed by atoms with Gasteiger partial charge in [0.2, 0.25) is 0 Å². The molecule has 1 N–H and O–H groups in total. The number of esters is 3. The number of rotatable bonds is 10. The molecule has 0 radical (unpaired) electrons. The Hall–Kier alpha value is -4.01. The third-order valence-electron chi connectivity index (χ3n) is 7.40. The van der Waals surface area contributed by atoms with Crippen molar-refractivity contribution in [1.82, 2.24) is 0 Å². The number of carbonyl (C=O) groups excluding carboxylic acids is 3. The van der Waals surface area contributed by atoms with E-state index in [0.717, 1.165) is 11.1 Å². The van der Waals surface area contributed by atoms with Crippen LogP contribution in [0.3, 0.4) is 0 Å². The van der Waals surface area contributed by atoms with Crippen molar-refractivity contribution >= 4 is 17.9 Å². The molecule has 5 atom stereocenters. The molecular formula is C31H30O8. The van der Waals surface area contributed by atoms with Crippen molar-refractivity contribution in [1.29, 1.82) is 0 Å². The molecule has 0 aromatic heterocycles. The Kier molecular flexibility index (Phi) is 8.05. The molecule has 8 heteroatoms. The number of carbonyl (C=O) groups is 3. The van der Waals surface area contributed by atoms with E-state index in [1.165, 1.54) is 0 Å². The Labute approximate surface area is 226 Å². The highest BCUT2D eigenvalue weighted by atomic mass is 16.6. The highest BCUT2D eigenvalue weighted by Crippen LogP contribution is 2.55. The number of aliphatic hydroxyl groups excluding tert-OH is 1. The molecule has 8 nitrogen and oxygen atoms in total. The summed E-state index contributed by atoms with van der Waals surface area (Å²) in [6.07, 6.45) is -0.567. The summed E-state index contributed by atoms with van der Waals surface area (Å²) in [5.74, 6) is -4.29. The van der Waals surface area contributed by atoms with Gasteiger partial charge in [0.15, 0.2) is 0 Å². The zero-order chi connectivity index (χ0) is 27.2. The highest BCUT2D eigenvalue weighted by molar-refractivity contribution is 5.89. The van der Waals surface area contributed by atoms with Crippen LogP contribution in [0.4, 0.5) is 0 Å². The van der Waals surface area contributed by atoms with Crippen LogP contribution in [0, 0.1) is 17.8 Å². The molecule has 2 bridgehead atoms. The standard InChI is InChI=1S/C31H30O8/c32-20-31-16-24(19-38-28(33)23-14-8-3-9-15-23)27(39-31)25(29(34)36-17-21-10-4-1-5-11-21)26(31)30(35)37-18-22-12-6-2-7-13-22/h1-15,24-27,32H,16-20H2/t24-,25+,26+,27-,31-/m1/s1. The lowest BCUT2D eigenvalue weighted by Gasteiger charge is -2.35. The van der Waals surface area contributed by atoms with Gasteiger partial charge in [-0.15, -0.1) is 0 Å². The lowest BCUT2D eigenvalue weighted by atomic mass is 9.68. The van der Waals surface area contributed by atoms with Gasteiger partial charge < -0.3 is 24.1 Å². The van der Waals surface area contributed by atoms with Crippen LogP contribution in [-0.2, 0) is 41.8 Å². The van der Waals surface area contributed by atoms with Crippen LogP contribution < -0.4 is 0 Å². The van der Waals surface area contributed by atoms with E-state index < -0.39 is 54.0 Å². The first-order valence-corrected chi connectivity index (χ1v) is 12.9. The van der Waals surface area contributed by atoms with Crippen molar-refractivity contribution in [3.05, 3.63) is 108 Å². The maximum atomic E-state index is 13.5. The first-order chi connectivity index (χ1) is 19.0. The van der Waals surface area contributed by atoms with Crippen LogP contribution in [0.1, 0.15) is 27.9 Å². The van der Waals surface area contributed by atoms with Gasteiger partial charge in [0.25, 0.3) is 0 Å². The third kappa shape index (κ3) is 5.72. The normalized spacial score (nSPS) is 25.2. The van der Waals surface area contributed by atoms with Crippen molar-refractivity contribution in [2.75, 3.05) is 13.2 Å². The molecule has 2 saturated heterocycles. The van der Waals surface area contributed by atoms with Crippen molar-refractivity contribution < 1.29 is 38.4 Å². The largest absolute Gasteiger partial charge is 0.462 e. The fourth-order valence-electron chi connectivity index (χ4n) is 5.53. The number of hydrogen-bond acceptors (Lipinski definition) is 8. The lowest BCUT2D eigenvalue weighted by molar-refractivity contribution is -0.167. The number of hydrogen-bond donors (Lipinski definition) is 1. The topological polar surface area (TPSA) is 108 Å². The van der Waals surface area contributed by atoms with E-state index in [1.54, 1.807) is 30.3 Å². The smallest absolute Gasteiger partial charge is 0.338 e. The summed E-state index contributed by atoms with van der Waals surface area (Å²) in [6, 6.07) is 27.0. The second-order valence-electron chi connectivity index (χ2n) is 9.92. The first kappa shape index (κ1) is 26.6. The summed E-state index contributed by atoms with van der Waals surface area (Å²) < 4.78 is 23.0. The predicted molar refractivity (Wildman–Crippen MR) is 139 cm³/mol. The van der Waals surface area contributed by atoms with Crippen molar-refractivity contribution in [2.45, 2.75) is 31.3 Å². The minimum Gasteiger partial charge on any atom is -0.462 e. The number of aliphatic hydroxyl groups is 1. The molecule has 0 unspecified atom stereocenters. The van der Waals surface area contributed by atoms with Gasteiger partial charge in [-0.1, -0.05) is 78.9 Å². The van der Waals surface area contributed by atoms with Gasteiger partial charge in [0.1, 0.15) is 24.7 Å². The minimum absolute atomic E-state index is 0.0201. The Bertz CT molecular complexity index is 1280. The molecule has 2 aliphatic rings. The number of fused-ring (bicyclic) bond motifs is 2. The van der Waals surface area contributed by atoms with Crippen molar-refractivity contribution in [3.8, 4) is 0 Å². The molecule has 3 aromatic carbocycles. The second-order valence-corrected chi connectivity index (χ2v) is 9.92. The van der Waals surface area contributed by atoms with E-state index >= 15 is 0 Å². The number of benzene rings is 3. The van der Waals surface area contributed by atoms with Gasteiger partial charge in [-0.25, -0.2) is 4.79 Å². The summed E-state index contributed by atoms with van der Waals surface area (Å²) in [5.41, 5.74) is 0.642. The molecule has 202 valence electrons. The molecule has 2 fully saturated rings. The van der Waals surface area contributed by atoms with E-state index in [4.69, 9.17) is 18.9 Å². The molecule has 0 amide bonds. The fourth-order valence-corrected chi connectivity index (χ4v) is 5.53. The van der Waals surface area contributed by atoms with Crippen LogP contribution in [0.2, 0.25) is 0 Å². The van der Waals surface area contributed by atoms with Gasteiger partial charge in [0.05, 0.1) is 30.8 Å². The minimum atomic E-state index is -1.35. The molecule has 39 heavy (non-hydrogen) atoms. The quantitative estimate of drug-likeness (QED) is 0.312. The Morgan fingerprint density at radius 1 is 0.769 bits per heavy atom. The molecule has 3 aromatic rings. The molecule has 0 saturated carbocycles. The summed E-state index contributed by atoms with van der Waals surface area (Å²) in [7, 11) is 0. The van der Waals surface area contributed by atoms with E-state index in [0.29, 0.717) is 5.56 Å². The molecule has 0 spiro atoms. The van der Waals surface area contributed by atoms with Crippen molar-refractivity contribution in [3.63, 3.8) is 0 Å². The monoisotopic (exact) mass is 530 g/mol.